The van der Waals surface area contributed by atoms with E-state index in [1.165, 1.54) is 29.2 Å². The second-order valence-electron chi connectivity index (χ2n) is 7.64. The normalized spacial score (nSPS) is 10.9. The zero-order valence-electron chi connectivity index (χ0n) is 17.9. The Morgan fingerprint density at radius 3 is 2.39 bits per heavy atom. The number of rotatable bonds is 5. The summed E-state index contributed by atoms with van der Waals surface area (Å²) in [5.74, 6) is -2.12. The first-order valence-corrected chi connectivity index (χ1v) is 10.0. The summed E-state index contributed by atoms with van der Waals surface area (Å²) in [7, 11) is 1.59. The number of para-hydroxylation sites is 1. The van der Waals surface area contributed by atoms with Crippen LogP contribution in [0.4, 0.5) is 4.39 Å². The maximum absolute atomic E-state index is 14.4. The van der Waals surface area contributed by atoms with Crippen LogP contribution in [0.5, 0.6) is 17.5 Å². The standard InChI is InChI=1S/C24H21FN4O4/c1-14-7-9-15(10-8-14)13-28(2)23(32)17-11-16(20(30)12-21(17)31)22-26-27-24(33)29(22)19-6-4-3-5-18(19)25/h3-12,30-31H,13H2,1-2H3,(H,27,33). The van der Waals surface area contributed by atoms with E-state index in [0.29, 0.717) is 6.54 Å². The average molecular weight is 448 g/mol. The molecule has 3 aromatic carbocycles. The number of phenolic OH excluding ortho intramolecular Hbond substituents is 2. The summed E-state index contributed by atoms with van der Waals surface area (Å²) >= 11 is 0. The number of nitrogens with zero attached hydrogens (tertiary/aromatic N) is 4. The van der Waals surface area contributed by atoms with Crippen molar-refractivity contribution in [3.63, 3.8) is 0 Å². The summed E-state index contributed by atoms with van der Waals surface area (Å²) < 4.78 is 15.4. The molecule has 0 spiro atoms. The fourth-order valence-electron chi connectivity index (χ4n) is 3.48. The summed E-state index contributed by atoms with van der Waals surface area (Å²) in [5, 5.41) is 38.4. The lowest BCUT2D eigenvalue weighted by molar-refractivity contribution is 0.0782. The average Bonchev–Trinajstić information content (AvgIpc) is 3.16. The van der Waals surface area contributed by atoms with Crippen molar-refractivity contribution in [2.75, 3.05) is 7.05 Å². The van der Waals surface area contributed by atoms with Crippen LogP contribution in [0.15, 0.2) is 60.7 Å². The molecule has 0 saturated carbocycles. The lowest BCUT2D eigenvalue weighted by atomic mass is 10.1. The van der Waals surface area contributed by atoms with Crippen molar-refractivity contribution in [3.05, 3.63) is 83.2 Å². The number of aryl methyl sites for hydroxylation is 1. The van der Waals surface area contributed by atoms with Gasteiger partial charge in [0.25, 0.3) is 5.91 Å². The van der Waals surface area contributed by atoms with Crippen molar-refractivity contribution in [1.82, 2.24) is 19.7 Å². The van der Waals surface area contributed by atoms with Crippen LogP contribution < -0.4 is 0 Å². The number of halogens is 1. The molecule has 0 radical (unpaired) electrons. The number of carbonyl (C=O) groups is 1. The molecule has 4 rings (SSSR count). The lowest BCUT2D eigenvalue weighted by Crippen LogP contribution is -2.26. The quantitative estimate of drug-likeness (QED) is 0.429. The van der Waals surface area contributed by atoms with Gasteiger partial charge in [-0.05, 0) is 30.7 Å². The molecule has 0 unspecified atom stereocenters. The second kappa shape index (κ2) is 8.62. The highest BCUT2D eigenvalue weighted by Crippen LogP contribution is 2.37. The Balaban J connectivity index is 1.74. The van der Waals surface area contributed by atoms with E-state index in [9.17, 15) is 24.5 Å². The molecule has 9 heteroatoms. The number of aromatic nitrogens is 3. The highest BCUT2D eigenvalue weighted by atomic mass is 19.1. The highest BCUT2D eigenvalue weighted by Gasteiger charge is 2.24. The van der Waals surface area contributed by atoms with Crippen LogP contribution in [-0.4, -0.2) is 47.9 Å². The van der Waals surface area contributed by atoms with Crippen LogP contribution >= 0.6 is 0 Å². The molecule has 0 aliphatic heterocycles. The van der Waals surface area contributed by atoms with Gasteiger partial charge in [-0.15, -0.1) is 5.10 Å². The fourth-order valence-corrected chi connectivity index (χ4v) is 3.48. The lowest BCUT2D eigenvalue weighted by Gasteiger charge is -2.19. The zero-order valence-corrected chi connectivity index (χ0v) is 17.9. The van der Waals surface area contributed by atoms with E-state index in [1.807, 2.05) is 31.2 Å². The van der Waals surface area contributed by atoms with Crippen LogP contribution in [0, 0.1) is 12.7 Å². The van der Waals surface area contributed by atoms with Crippen molar-refractivity contribution >= 4 is 5.91 Å². The van der Waals surface area contributed by atoms with E-state index in [0.717, 1.165) is 21.8 Å². The van der Waals surface area contributed by atoms with Crippen LogP contribution in [0.2, 0.25) is 0 Å². The maximum atomic E-state index is 14.4. The molecular formula is C24H21FN4O4. The minimum absolute atomic E-state index is 0.0176. The first-order valence-electron chi connectivity index (χ1n) is 10.0. The van der Waals surface area contributed by atoms with Crippen molar-refractivity contribution in [1.29, 1.82) is 0 Å². The number of carbonyl (C=O) groups excluding carboxylic acids is 1. The van der Waals surface area contributed by atoms with E-state index in [-0.39, 0.29) is 22.6 Å². The maximum Gasteiger partial charge on any atom is 0.319 e. The zero-order chi connectivity index (χ0) is 23.7. The third-order valence-corrected chi connectivity index (χ3v) is 5.21. The van der Waals surface area contributed by atoms with Crippen LogP contribution in [0.3, 0.4) is 0 Å². The molecule has 3 N–H and O–H groups in total. The molecule has 168 valence electrons. The Morgan fingerprint density at radius 2 is 1.70 bits per heavy atom. The summed E-state index contributed by atoms with van der Waals surface area (Å²) in [6.45, 7) is 2.26. The molecule has 0 atom stereocenters. The Morgan fingerprint density at radius 1 is 1.00 bits per heavy atom. The van der Waals surface area contributed by atoms with Gasteiger partial charge in [0.15, 0.2) is 5.82 Å². The minimum Gasteiger partial charge on any atom is -0.507 e. The first-order chi connectivity index (χ1) is 15.8. The highest BCUT2D eigenvalue weighted by molar-refractivity contribution is 5.98. The van der Waals surface area contributed by atoms with Gasteiger partial charge >= 0.3 is 6.01 Å². The van der Waals surface area contributed by atoms with Gasteiger partial charge in [-0.25, -0.2) is 8.96 Å². The van der Waals surface area contributed by atoms with E-state index in [2.05, 4.69) is 10.2 Å². The smallest absolute Gasteiger partial charge is 0.319 e. The van der Waals surface area contributed by atoms with E-state index in [4.69, 9.17) is 0 Å². The Labute approximate surface area is 188 Å². The molecule has 0 bridgehead atoms. The molecule has 1 heterocycles. The largest absolute Gasteiger partial charge is 0.507 e. The monoisotopic (exact) mass is 448 g/mol. The first kappa shape index (κ1) is 21.8. The van der Waals surface area contributed by atoms with E-state index in [1.54, 1.807) is 13.1 Å². The molecule has 1 amide bonds. The molecule has 4 aromatic rings. The Hall–Kier alpha value is -4.40. The Kier molecular flexibility index (Phi) is 5.70. The summed E-state index contributed by atoms with van der Waals surface area (Å²) in [4.78, 5) is 14.5. The molecule has 0 fully saturated rings. The predicted molar refractivity (Wildman–Crippen MR) is 119 cm³/mol. The van der Waals surface area contributed by atoms with E-state index < -0.39 is 29.2 Å². The summed E-state index contributed by atoms with van der Waals surface area (Å²) in [6.07, 6.45) is 0. The van der Waals surface area contributed by atoms with E-state index >= 15 is 0 Å². The van der Waals surface area contributed by atoms with Gasteiger partial charge in [0.2, 0.25) is 0 Å². The molecule has 1 aromatic heterocycles. The number of phenols is 2. The number of benzene rings is 3. The number of amides is 1. The van der Waals surface area contributed by atoms with Gasteiger partial charge in [0, 0.05) is 19.7 Å². The summed E-state index contributed by atoms with van der Waals surface area (Å²) in [6, 6.07) is 15.0. The molecule has 0 aliphatic rings. The van der Waals surface area contributed by atoms with Gasteiger partial charge in [-0.1, -0.05) is 47.1 Å². The van der Waals surface area contributed by atoms with Gasteiger partial charge in [-0.3, -0.25) is 4.79 Å². The predicted octanol–water partition coefficient (Wildman–Crippen LogP) is 3.77. The number of hydrogen-bond acceptors (Lipinski definition) is 6. The van der Waals surface area contributed by atoms with Crippen molar-refractivity contribution in [3.8, 4) is 34.6 Å². The molecular weight excluding hydrogens is 427 g/mol. The Bertz CT molecular complexity index is 1340. The third kappa shape index (κ3) is 4.20. The molecule has 0 saturated heterocycles. The third-order valence-electron chi connectivity index (χ3n) is 5.21. The van der Waals surface area contributed by atoms with Crippen LogP contribution in [-0.2, 0) is 6.54 Å². The number of aromatic hydroxyl groups is 3. The molecule has 33 heavy (non-hydrogen) atoms. The minimum atomic E-state index is -0.652. The van der Waals surface area contributed by atoms with Crippen LogP contribution in [0.25, 0.3) is 17.1 Å². The van der Waals surface area contributed by atoms with Gasteiger partial charge in [-0.2, -0.15) is 0 Å². The molecule has 0 aliphatic carbocycles. The second-order valence-corrected chi connectivity index (χ2v) is 7.64. The number of hydrogen-bond donors (Lipinski definition) is 3. The van der Waals surface area contributed by atoms with Gasteiger partial charge in [0.1, 0.15) is 17.3 Å². The van der Waals surface area contributed by atoms with Gasteiger partial charge < -0.3 is 20.2 Å². The SMILES string of the molecule is Cc1ccc(CN(C)C(=O)c2cc(-c3nnc(O)n3-c3ccccc3F)c(O)cc2O)cc1. The topological polar surface area (TPSA) is 112 Å². The van der Waals surface area contributed by atoms with Crippen molar-refractivity contribution in [2.24, 2.45) is 0 Å². The van der Waals surface area contributed by atoms with Crippen molar-refractivity contribution in [2.45, 2.75) is 13.5 Å². The van der Waals surface area contributed by atoms with Crippen molar-refractivity contribution < 1.29 is 24.5 Å². The van der Waals surface area contributed by atoms with Gasteiger partial charge in [0.05, 0.1) is 16.8 Å². The summed E-state index contributed by atoms with van der Waals surface area (Å²) in [5.41, 5.74) is 1.83. The molecule has 8 nitrogen and oxygen atoms in total. The fraction of sp³-hybridized carbons (Fsp3) is 0.125. The van der Waals surface area contributed by atoms with Crippen LogP contribution in [0.1, 0.15) is 21.5 Å².